The number of carbonyl (C=O) groups is 1. The van der Waals surface area contributed by atoms with Crippen molar-refractivity contribution in [3.8, 4) is 11.3 Å². The number of amides is 1. The summed E-state index contributed by atoms with van der Waals surface area (Å²) in [4.78, 5) is 18.3. The van der Waals surface area contributed by atoms with Gasteiger partial charge in [0.25, 0.3) is 5.91 Å². The lowest BCUT2D eigenvalue weighted by Gasteiger charge is -2.26. The van der Waals surface area contributed by atoms with Crippen molar-refractivity contribution >= 4 is 5.91 Å². The fraction of sp³-hybridized carbons (Fsp3) is 0.400. The van der Waals surface area contributed by atoms with Crippen LogP contribution in [0.4, 0.5) is 0 Å². The van der Waals surface area contributed by atoms with Crippen LogP contribution >= 0.6 is 0 Å². The average Bonchev–Trinajstić information content (AvgIpc) is 3.07. The predicted octanol–water partition coefficient (Wildman–Crippen LogP) is 0.799. The third kappa shape index (κ3) is 3.69. The molecule has 1 amide bonds. The lowest BCUT2D eigenvalue weighted by Crippen LogP contribution is -2.41. The molecule has 7 heteroatoms. The number of pyridine rings is 1. The number of hydrogen-bond donors (Lipinski definition) is 1. The minimum absolute atomic E-state index is 0.229. The van der Waals surface area contributed by atoms with E-state index in [0.29, 0.717) is 12.3 Å². The average molecular weight is 302 g/mol. The van der Waals surface area contributed by atoms with Crippen LogP contribution in [-0.4, -0.2) is 60.3 Å². The summed E-state index contributed by atoms with van der Waals surface area (Å²) in [5, 5.41) is 6.66. The Morgan fingerprint density at radius 2 is 2.23 bits per heavy atom. The van der Waals surface area contributed by atoms with Crippen LogP contribution in [0.5, 0.6) is 0 Å². The van der Waals surface area contributed by atoms with Gasteiger partial charge in [-0.1, -0.05) is 5.16 Å². The summed E-state index contributed by atoms with van der Waals surface area (Å²) >= 11 is 0. The van der Waals surface area contributed by atoms with Crippen LogP contribution in [0.15, 0.2) is 35.1 Å². The van der Waals surface area contributed by atoms with E-state index in [1.165, 1.54) is 0 Å². The molecule has 3 heterocycles. The van der Waals surface area contributed by atoms with E-state index >= 15 is 0 Å². The first kappa shape index (κ1) is 14.7. The van der Waals surface area contributed by atoms with Crippen LogP contribution in [0.1, 0.15) is 10.5 Å². The summed E-state index contributed by atoms with van der Waals surface area (Å²) in [6.07, 6.45) is 3.35. The van der Waals surface area contributed by atoms with E-state index in [2.05, 4.69) is 20.4 Å². The number of hydrogen-bond acceptors (Lipinski definition) is 6. The molecule has 2 aromatic rings. The zero-order valence-corrected chi connectivity index (χ0v) is 12.2. The maximum atomic E-state index is 12.0. The molecule has 0 unspecified atom stereocenters. The van der Waals surface area contributed by atoms with Crippen LogP contribution in [0, 0.1) is 0 Å². The van der Waals surface area contributed by atoms with Crippen LogP contribution in [-0.2, 0) is 4.74 Å². The normalized spacial score (nSPS) is 15.6. The highest BCUT2D eigenvalue weighted by atomic mass is 16.5. The molecule has 1 saturated heterocycles. The second kappa shape index (κ2) is 7.15. The molecule has 0 aliphatic carbocycles. The summed E-state index contributed by atoms with van der Waals surface area (Å²) in [5.74, 6) is 0.304. The number of nitrogens with zero attached hydrogens (tertiary/aromatic N) is 3. The van der Waals surface area contributed by atoms with E-state index < -0.39 is 0 Å². The molecule has 0 bridgehead atoms. The van der Waals surface area contributed by atoms with E-state index in [4.69, 9.17) is 9.26 Å². The van der Waals surface area contributed by atoms with Crippen molar-refractivity contribution in [3.05, 3.63) is 36.3 Å². The number of carbonyl (C=O) groups excluding carboxylic acids is 1. The van der Waals surface area contributed by atoms with Gasteiger partial charge in [0.2, 0.25) is 0 Å². The molecule has 1 fully saturated rings. The molecule has 1 N–H and O–H groups in total. The summed E-state index contributed by atoms with van der Waals surface area (Å²) in [6, 6.07) is 5.29. The van der Waals surface area contributed by atoms with Crippen LogP contribution in [0.25, 0.3) is 11.3 Å². The lowest BCUT2D eigenvalue weighted by atomic mass is 10.2. The zero-order chi connectivity index (χ0) is 15.2. The second-order valence-electron chi connectivity index (χ2n) is 5.03. The van der Waals surface area contributed by atoms with Crippen molar-refractivity contribution in [2.45, 2.75) is 0 Å². The van der Waals surface area contributed by atoms with Crippen LogP contribution in [0.3, 0.4) is 0 Å². The van der Waals surface area contributed by atoms with E-state index in [1.54, 1.807) is 24.5 Å². The molecule has 0 saturated carbocycles. The van der Waals surface area contributed by atoms with Gasteiger partial charge in [-0.3, -0.25) is 14.7 Å². The summed E-state index contributed by atoms with van der Waals surface area (Å²) in [7, 11) is 0. The van der Waals surface area contributed by atoms with Gasteiger partial charge < -0.3 is 14.6 Å². The Labute approximate surface area is 128 Å². The second-order valence-corrected chi connectivity index (χ2v) is 5.03. The molecule has 3 rings (SSSR count). The van der Waals surface area contributed by atoms with Crippen molar-refractivity contribution in [1.82, 2.24) is 20.4 Å². The molecule has 2 aromatic heterocycles. The van der Waals surface area contributed by atoms with Crippen molar-refractivity contribution in [2.24, 2.45) is 0 Å². The maximum Gasteiger partial charge on any atom is 0.273 e. The Morgan fingerprint density at radius 1 is 1.36 bits per heavy atom. The minimum atomic E-state index is -0.229. The summed E-state index contributed by atoms with van der Waals surface area (Å²) in [6.45, 7) is 4.71. The predicted molar refractivity (Wildman–Crippen MR) is 79.3 cm³/mol. The molecule has 1 aliphatic heterocycles. The molecule has 0 spiro atoms. The van der Waals surface area contributed by atoms with E-state index in [-0.39, 0.29) is 11.6 Å². The molecule has 0 aromatic carbocycles. The van der Waals surface area contributed by atoms with Gasteiger partial charge in [0, 0.05) is 50.2 Å². The standard InChI is InChI=1S/C15H18N4O3/c20-15(17-4-5-19-6-8-21-9-7-19)13-10-14(22-18-13)12-2-1-3-16-11-12/h1-3,10-11H,4-9H2,(H,17,20). The largest absolute Gasteiger partial charge is 0.379 e. The quantitative estimate of drug-likeness (QED) is 0.880. The van der Waals surface area contributed by atoms with Gasteiger partial charge in [0.1, 0.15) is 0 Å². The Bertz CT molecular complexity index is 608. The van der Waals surface area contributed by atoms with Gasteiger partial charge in [-0.2, -0.15) is 0 Å². The zero-order valence-electron chi connectivity index (χ0n) is 12.2. The topological polar surface area (TPSA) is 80.5 Å². The minimum Gasteiger partial charge on any atom is -0.379 e. The van der Waals surface area contributed by atoms with Crippen LogP contribution < -0.4 is 5.32 Å². The highest BCUT2D eigenvalue weighted by Crippen LogP contribution is 2.18. The van der Waals surface area contributed by atoms with Gasteiger partial charge in [0.15, 0.2) is 11.5 Å². The van der Waals surface area contributed by atoms with E-state index in [9.17, 15) is 4.79 Å². The monoisotopic (exact) mass is 302 g/mol. The first-order valence-electron chi connectivity index (χ1n) is 7.28. The van der Waals surface area contributed by atoms with Gasteiger partial charge in [0.05, 0.1) is 13.2 Å². The molecule has 22 heavy (non-hydrogen) atoms. The van der Waals surface area contributed by atoms with Crippen molar-refractivity contribution < 1.29 is 14.1 Å². The highest BCUT2D eigenvalue weighted by molar-refractivity contribution is 5.93. The first-order chi connectivity index (χ1) is 10.8. The third-order valence-corrected chi connectivity index (χ3v) is 3.51. The smallest absolute Gasteiger partial charge is 0.273 e. The van der Waals surface area contributed by atoms with E-state index in [1.807, 2.05) is 6.07 Å². The highest BCUT2D eigenvalue weighted by Gasteiger charge is 2.14. The molecular formula is C15H18N4O3. The Balaban J connectivity index is 1.51. The maximum absolute atomic E-state index is 12.0. The van der Waals surface area contributed by atoms with Gasteiger partial charge >= 0.3 is 0 Å². The summed E-state index contributed by atoms with van der Waals surface area (Å²) in [5.41, 5.74) is 1.07. The molecular weight excluding hydrogens is 284 g/mol. The fourth-order valence-electron chi connectivity index (χ4n) is 2.27. The van der Waals surface area contributed by atoms with Gasteiger partial charge in [-0.15, -0.1) is 0 Å². The Kier molecular flexibility index (Phi) is 4.77. The third-order valence-electron chi connectivity index (χ3n) is 3.51. The van der Waals surface area contributed by atoms with Crippen molar-refractivity contribution in [3.63, 3.8) is 0 Å². The van der Waals surface area contributed by atoms with E-state index in [0.717, 1.165) is 38.4 Å². The number of aromatic nitrogens is 2. The number of morpholine rings is 1. The number of ether oxygens (including phenoxy) is 1. The molecule has 116 valence electrons. The van der Waals surface area contributed by atoms with Crippen LogP contribution in [0.2, 0.25) is 0 Å². The fourth-order valence-corrected chi connectivity index (χ4v) is 2.27. The van der Waals surface area contributed by atoms with Gasteiger partial charge in [-0.05, 0) is 12.1 Å². The Morgan fingerprint density at radius 3 is 3.00 bits per heavy atom. The molecule has 0 atom stereocenters. The molecule has 7 nitrogen and oxygen atoms in total. The number of rotatable bonds is 5. The van der Waals surface area contributed by atoms with Crippen molar-refractivity contribution in [2.75, 3.05) is 39.4 Å². The van der Waals surface area contributed by atoms with Gasteiger partial charge in [-0.25, -0.2) is 0 Å². The molecule has 1 aliphatic rings. The SMILES string of the molecule is O=C(NCCN1CCOCC1)c1cc(-c2cccnc2)on1. The molecule has 0 radical (unpaired) electrons. The summed E-state index contributed by atoms with van der Waals surface area (Å²) < 4.78 is 10.5. The van der Waals surface area contributed by atoms with Crippen molar-refractivity contribution in [1.29, 1.82) is 0 Å². The first-order valence-corrected chi connectivity index (χ1v) is 7.28. The number of nitrogens with one attached hydrogen (secondary N) is 1. The Hall–Kier alpha value is -2.25. The lowest BCUT2D eigenvalue weighted by molar-refractivity contribution is 0.0383.